The lowest BCUT2D eigenvalue weighted by molar-refractivity contribution is 0.0777. The number of aliphatic hydroxyl groups excluding tert-OH is 1. The van der Waals surface area contributed by atoms with Gasteiger partial charge in [-0.3, -0.25) is 4.79 Å². The van der Waals surface area contributed by atoms with Crippen LogP contribution in [0, 0.1) is 12.8 Å². The van der Waals surface area contributed by atoms with Crippen molar-refractivity contribution in [2.24, 2.45) is 5.92 Å². The Balaban J connectivity index is 1.85. The summed E-state index contributed by atoms with van der Waals surface area (Å²) in [5.41, 5.74) is 2.34. The quantitative estimate of drug-likeness (QED) is 0.938. The molecule has 2 heterocycles. The predicted octanol–water partition coefficient (Wildman–Crippen LogP) is 2.10. The van der Waals surface area contributed by atoms with Gasteiger partial charge >= 0.3 is 0 Å². The van der Waals surface area contributed by atoms with Gasteiger partial charge in [0.2, 0.25) is 0 Å². The van der Waals surface area contributed by atoms with Gasteiger partial charge in [0.05, 0.1) is 0 Å². The van der Waals surface area contributed by atoms with Crippen LogP contribution in [0.4, 0.5) is 0 Å². The number of hydrogen-bond donors (Lipinski definition) is 1. The van der Waals surface area contributed by atoms with Gasteiger partial charge in [-0.25, -0.2) is 4.98 Å². The maximum Gasteiger partial charge on any atom is 0.276 e. The average molecular weight is 286 g/mol. The van der Waals surface area contributed by atoms with E-state index in [1.54, 1.807) is 4.90 Å². The molecule has 1 atom stereocenters. The summed E-state index contributed by atoms with van der Waals surface area (Å²) >= 11 is 0. The van der Waals surface area contributed by atoms with Crippen molar-refractivity contribution in [2.75, 3.05) is 19.7 Å². The molecule has 110 valence electrons. The molecular formula is C16H18N2O3. The molecule has 1 aromatic heterocycles. The molecule has 3 rings (SSSR count). The Morgan fingerprint density at radius 1 is 1.43 bits per heavy atom. The van der Waals surface area contributed by atoms with Gasteiger partial charge in [0.25, 0.3) is 5.91 Å². The van der Waals surface area contributed by atoms with E-state index in [2.05, 4.69) is 4.98 Å². The fourth-order valence-electron chi connectivity index (χ4n) is 2.62. The minimum atomic E-state index is -0.129. The topological polar surface area (TPSA) is 66.6 Å². The van der Waals surface area contributed by atoms with Crippen LogP contribution in [0.2, 0.25) is 0 Å². The summed E-state index contributed by atoms with van der Waals surface area (Å²) in [6.45, 7) is 3.36. The van der Waals surface area contributed by atoms with Crippen molar-refractivity contribution in [3.63, 3.8) is 0 Å². The SMILES string of the molecule is Cc1ccc(-c2ocnc2C(=O)N2CCC(CO)C2)cc1. The Morgan fingerprint density at radius 2 is 2.19 bits per heavy atom. The Hall–Kier alpha value is -2.14. The molecule has 1 N–H and O–H groups in total. The van der Waals surface area contributed by atoms with Gasteiger partial charge in [0.1, 0.15) is 0 Å². The normalized spacial score (nSPS) is 18.2. The van der Waals surface area contributed by atoms with Crippen molar-refractivity contribution in [1.29, 1.82) is 0 Å². The van der Waals surface area contributed by atoms with Gasteiger partial charge in [-0.05, 0) is 13.3 Å². The highest BCUT2D eigenvalue weighted by atomic mass is 16.3. The third-order valence-electron chi connectivity index (χ3n) is 3.92. The third-order valence-corrected chi connectivity index (χ3v) is 3.92. The molecule has 1 saturated heterocycles. The molecule has 0 aliphatic carbocycles. The third kappa shape index (κ3) is 2.69. The van der Waals surface area contributed by atoms with Crippen LogP contribution in [-0.2, 0) is 0 Å². The maximum atomic E-state index is 12.6. The van der Waals surface area contributed by atoms with Crippen molar-refractivity contribution < 1.29 is 14.3 Å². The van der Waals surface area contributed by atoms with E-state index in [0.29, 0.717) is 24.5 Å². The van der Waals surface area contributed by atoms with E-state index in [1.165, 1.54) is 6.39 Å². The van der Waals surface area contributed by atoms with Crippen molar-refractivity contribution in [3.05, 3.63) is 41.9 Å². The molecule has 21 heavy (non-hydrogen) atoms. The van der Waals surface area contributed by atoms with Crippen LogP contribution in [-0.4, -0.2) is 40.6 Å². The number of amides is 1. The molecule has 5 nitrogen and oxygen atoms in total. The van der Waals surface area contributed by atoms with E-state index in [4.69, 9.17) is 4.42 Å². The number of likely N-dealkylation sites (tertiary alicyclic amines) is 1. The average Bonchev–Trinajstić information content (AvgIpc) is 3.16. The van der Waals surface area contributed by atoms with E-state index >= 15 is 0 Å². The van der Waals surface area contributed by atoms with Crippen LogP contribution in [0.5, 0.6) is 0 Å². The summed E-state index contributed by atoms with van der Waals surface area (Å²) in [5, 5.41) is 9.18. The molecule has 1 aliphatic heterocycles. The molecule has 2 aromatic rings. The van der Waals surface area contributed by atoms with E-state index in [0.717, 1.165) is 17.5 Å². The van der Waals surface area contributed by atoms with Gasteiger partial charge in [-0.1, -0.05) is 29.8 Å². The van der Waals surface area contributed by atoms with Crippen LogP contribution >= 0.6 is 0 Å². The summed E-state index contributed by atoms with van der Waals surface area (Å²) in [7, 11) is 0. The zero-order chi connectivity index (χ0) is 14.8. The van der Waals surface area contributed by atoms with E-state index < -0.39 is 0 Å². The predicted molar refractivity (Wildman–Crippen MR) is 77.8 cm³/mol. The zero-order valence-electron chi connectivity index (χ0n) is 12.0. The van der Waals surface area contributed by atoms with Crippen LogP contribution in [0.25, 0.3) is 11.3 Å². The fourth-order valence-corrected chi connectivity index (χ4v) is 2.62. The number of aromatic nitrogens is 1. The Labute approximate surface area is 123 Å². The first kappa shape index (κ1) is 13.8. The van der Waals surface area contributed by atoms with Gasteiger partial charge in [-0.2, -0.15) is 0 Å². The molecule has 0 radical (unpaired) electrons. The largest absolute Gasteiger partial charge is 0.443 e. The van der Waals surface area contributed by atoms with E-state index in [1.807, 2.05) is 31.2 Å². The second-order valence-electron chi connectivity index (χ2n) is 5.48. The molecule has 1 amide bonds. The second-order valence-corrected chi connectivity index (χ2v) is 5.48. The zero-order valence-corrected chi connectivity index (χ0v) is 12.0. The Bertz CT molecular complexity index is 633. The summed E-state index contributed by atoms with van der Waals surface area (Å²) in [5.74, 6) is 0.548. The van der Waals surface area contributed by atoms with E-state index in [-0.39, 0.29) is 18.4 Å². The number of carbonyl (C=O) groups is 1. The molecule has 5 heteroatoms. The smallest absolute Gasteiger partial charge is 0.276 e. The van der Waals surface area contributed by atoms with Crippen molar-refractivity contribution in [1.82, 2.24) is 9.88 Å². The highest BCUT2D eigenvalue weighted by molar-refractivity contribution is 5.97. The first-order chi connectivity index (χ1) is 10.2. The number of hydrogen-bond acceptors (Lipinski definition) is 4. The lowest BCUT2D eigenvalue weighted by Gasteiger charge is -2.15. The standard InChI is InChI=1S/C16H18N2O3/c1-11-2-4-13(5-3-11)15-14(17-10-21-15)16(20)18-7-6-12(8-18)9-19/h2-5,10,12,19H,6-9H2,1H3. The van der Waals surface area contributed by atoms with Crippen molar-refractivity contribution in [3.8, 4) is 11.3 Å². The van der Waals surface area contributed by atoms with Crippen LogP contribution in [0.3, 0.4) is 0 Å². The summed E-state index contributed by atoms with van der Waals surface area (Å²) < 4.78 is 5.42. The lowest BCUT2D eigenvalue weighted by atomic mass is 10.1. The van der Waals surface area contributed by atoms with Gasteiger partial charge in [0, 0.05) is 31.2 Å². The highest BCUT2D eigenvalue weighted by Crippen LogP contribution is 2.26. The minimum absolute atomic E-state index is 0.118. The molecule has 0 saturated carbocycles. The van der Waals surface area contributed by atoms with Crippen molar-refractivity contribution in [2.45, 2.75) is 13.3 Å². The number of carbonyl (C=O) groups excluding carboxylic acids is 1. The summed E-state index contributed by atoms with van der Waals surface area (Å²) in [6.07, 6.45) is 2.14. The molecule has 1 aromatic carbocycles. The monoisotopic (exact) mass is 286 g/mol. The van der Waals surface area contributed by atoms with Crippen LogP contribution in [0.15, 0.2) is 35.1 Å². The number of aliphatic hydroxyl groups is 1. The number of rotatable bonds is 3. The molecule has 1 aliphatic rings. The Kier molecular flexibility index (Phi) is 3.75. The highest BCUT2D eigenvalue weighted by Gasteiger charge is 2.29. The number of aryl methyl sites for hydroxylation is 1. The number of nitrogens with zero attached hydrogens (tertiary/aromatic N) is 2. The number of benzene rings is 1. The van der Waals surface area contributed by atoms with Gasteiger partial charge in [-0.15, -0.1) is 0 Å². The van der Waals surface area contributed by atoms with Gasteiger partial charge in [0.15, 0.2) is 17.8 Å². The summed E-state index contributed by atoms with van der Waals surface area (Å²) in [4.78, 5) is 18.4. The number of oxazole rings is 1. The fraction of sp³-hybridized carbons (Fsp3) is 0.375. The van der Waals surface area contributed by atoms with Crippen LogP contribution < -0.4 is 0 Å². The minimum Gasteiger partial charge on any atom is -0.443 e. The molecule has 1 fully saturated rings. The first-order valence-corrected chi connectivity index (χ1v) is 7.09. The van der Waals surface area contributed by atoms with E-state index in [9.17, 15) is 9.90 Å². The lowest BCUT2D eigenvalue weighted by Crippen LogP contribution is -2.29. The summed E-state index contributed by atoms with van der Waals surface area (Å²) in [6, 6.07) is 7.80. The molecule has 0 spiro atoms. The van der Waals surface area contributed by atoms with Crippen LogP contribution in [0.1, 0.15) is 22.5 Å². The second kappa shape index (κ2) is 5.69. The maximum absolute atomic E-state index is 12.6. The molecule has 1 unspecified atom stereocenters. The first-order valence-electron chi connectivity index (χ1n) is 7.09. The van der Waals surface area contributed by atoms with Crippen molar-refractivity contribution >= 4 is 5.91 Å². The Morgan fingerprint density at radius 3 is 2.86 bits per heavy atom. The molecule has 0 bridgehead atoms. The van der Waals surface area contributed by atoms with Gasteiger partial charge < -0.3 is 14.4 Å². The molecular weight excluding hydrogens is 268 g/mol.